The van der Waals surface area contributed by atoms with Crippen LogP contribution in [0.15, 0.2) is 4.99 Å². The van der Waals surface area contributed by atoms with Crippen LogP contribution in [0.3, 0.4) is 0 Å². The second-order valence-corrected chi connectivity index (χ2v) is 10.1. The van der Waals surface area contributed by atoms with Crippen molar-refractivity contribution in [3.05, 3.63) is 0 Å². The quantitative estimate of drug-likeness (QED) is 0.306. The zero-order valence-corrected chi connectivity index (χ0v) is 19.8. The van der Waals surface area contributed by atoms with Crippen LogP contribution in [0.1, 0.15) is 20.8 Å². The maximum absolute atomic E-state index is 12.3. The minimum atomic E-state index is -3.20. The molecule has 0 aliphatic carbocycles. The van der Waals surface area contributed by atoms with Crippen molar-refractivity contribution in [2.45, 2.75) is 26.9 Å². The van der Waals surface area contributed by atoms with Crippen molar-refractivity contribution in [2.24, 2.45) is 10.4 Å². The number of methoxy groups -OCH3 is 1. The van der Waals surface area contributed by atoms with Crippen molar-refractivity contribution in [1.29, 1.82) is 0 Å². The third-order valence-corrected chi connectivity index (χ3v) is 6.76. The van der Waals surface area contributed by atoms with Crippen LogP contribution >= 0.6 is 35.7 Å². The molecule has 0 amide bonds. The smallest absolute Gasteiger partial charge is 0.215 e. The van der Waals surface area contributed by atoms with Gasteiger partial charge in [-0.1, -0.05) is 20.8 Å². The molecule has 0 bridgehead atoms. The van der Waals surface area contributed by atoms with Gasteiger partial charge in [-0.2, -0.15) is 11.8 Å². The molecule has 25 heavy (non-hydrogen) atoms. The topological polar surface area (TPSA) is 83.0 Å². The highest BCUT2D eigenvalue weighted by Gasteiger charge is 2.25. The molecule has 1 fully saturated rings. The van der Waals surface area contributed by atoms with E-state index in [0.717, 1.165) is 11.5 Å². The largest absolute Gasteiger partial charge is 0.379 e. The van der Waals surface area contributed by atoms with Gasteiger partial charge in [0.15, 0.2) is 5.96 Å². The minimum Gasteiger partial charge on any atom is -0.379 e. The van der Waals surface area contributed by atoms with Crippen LogP contribution in [-0.4, -0.2) is 82.4 Å². The van der Waals surface area contributed by atoms with E-state index in [2.05, 4.69) is 36.4 Å². The maximum atomic E-state index is 12.3. The fourth-order valence-electron chi connectivity index (χ4n) is 2.41. The van der Waals surface area contributed by atoms with Gasteiger partial charge in [0, 0.05) is 51.8 Å². The van der Waals surface area contributed by atoms with E-state index in [9.17, 15) is 8.42 Å². The van der Waals surface area contributed by atoms with Crippen molar-refractivity contribution in [2.75, 3.05) is 57.6 Å². The minimum absolute atomic E-state index is 0. The first-order chi connectivity index (χ1) is 11.2. The summed E-state index contributed by atoms with van der Waals surface area (Å²) in [5, 5.41) is 6.26. The number of guanidine groups is 1. The van der Waals surface area contributed by atoms with Crippen LogP contribution in [-0.2, 0) is 14.8 Å². The van der Waals surface area contributed by atoms with Crippen molar-refractivity contribution >= 4 is 51.7 Å². The number of sulfonamides is 1. The Bertz CT molecular complexity index is 503. The van der Waals surface area contributed by atoms with E-state index >= 15 is 0 Å². The molecule has 150 valence electrons. The first-order valence-electron chi connectivity index (χ1n) is 8.23. The molecule has 0 aromatic heterocycles. The normalized spacial score (nSPS) is 18.4. The van der Waals surface area contributed by atoms with Crippen molar-refractivity contribution < 1.29 is 13.2 Å². The summed E-state index contributed by atoms with van der Waals surface area (Å²) in [5.74, 6) is 2.42. The van der Waals surface area contributed by atoms with Gasteiger partial charge in [-0.3, -0.25) is 4.99 Å². The van der Waals surface area contributed by atoms with Crippen molar-refractivity contribution in [3.8, 4) is 0 Å². The summed E-state index contributed by atoms with van der Waals surface area (Å²) in [5.41, 5.74) is 0.0101. The Labute approximate surface area is 174 Å². The molecule has 10 heteroatoms. The molecule has 1 atom stereocenters. The highest BCUT2D eigenvalue weighted by atomic mass is 127. The SMILES string of the molecule is CN=C(NCCS(=O)(=O)N1CCSCC1)NCC(OC)C(C)(C)C.I. The fraction of sp³-hybridized carbons (Fsp3) is 0.933. The summed E-state index contributed by atoms with van der Waals surface area (Å²) in [6, 6.07) is 0. The Hall–Kier alpha value is 0.220. The number of hydrogen-bond acceptors (Lipinski definition) is 5. The number of aliphatic imine (C=N–C) groups is 1. The molecule has 1 aliphatic rings. The number of halogens is 1. The van der Waals surface area contributed by atoms with Crippen LogP contribution in [0.25, 0.3) is 0 Å². The molecule has 1 aliphatic heterocycles. The zero-order valence-electron chi connectivity index (χ0n) is 15.9. The van der Waals surface area contributed by atoms with E-state index in [1.54, 1.807) is 30.2 Å². The van der Waals surface area contributed by atoms with E-state index < -0.39 is 10.0 Å². The number of hydrogen-bond donors (Lipinski definition) is 2. The lowest BCUT2D eigenvalue weighted by molar-refractivity contribution is 0.0205. The number of rotatable bonds is 7. The predicted molar refractivity (Wildman–Crippen MR) is 118 cm³/mol. The average Bonchev–Trinajstić information content (AvgIpc) is 2.53. The van der Waals surface area contributed by atoms with Gasteiger partial charge in [0.1, 0.15) is 0 Å². The van der Waals surface area contributed by atoms with Gasteiger partial charge in [0.05, 0.1) is 11.9 Å². The zero-order chi connectivity index (χ0) is 18.2. The van der Waals surface area contributed by atoms with E-state index in [0.29, 0.717) is 32.1 Å². The standard InChI is InChI=1S/C15H32N4O3S2.HI/c1-15(2,3)13(22-5)12-18-14(16-4)17-6-11-24(20,21)19-7-9-23-10-8-19;/h13H,6-12H2,1-5H3,(H2,16,17,18);1H. The third kappa shape index (κ3) is 9.12. The average molecular weight is 508 g/mol. The van der Waals surface area contributed by atoms with Crippen molar-refractivity contribution in [3.63, 3.8) is 0 Å². The molecule has 1 unspecified atom stereocenters. The number of nitrogens with one attached hydrogen (secondary N) is 2. The second kappa shape index (κ2) is 11.8. The molecule has 1 rings (SSSR count). The highest BCUT2D eigenvalue weighted by molar-refractivity contribution is 14.0. The van der Waals surface area contributed by atoms with Gasteiger partial charge in [-0.05, 0) is 5.41 Å². The number of nitrogens with zero attached hydrogens (tertiary/aromatic N) is 2. The summed E-state index contributed by atoms with van der Waals surface area (Å²) in [6.45, 7) is 8.50. The molecule has 2 N–H and O–H groups in total. The first kappa shape index (κ1) is 25.2. The van der Waals surface area contributed by atoms with Gasteiger partial charge < -0.3 is 15.4 Å². The van der Waals surface area contributed by atoms with E-state index in [1.807, 2.05) is 0 Å². The third-order valence-electron chi connectivity index (χ3n) is 3.94. The van der Waals surface area contributed by atoms with E-state index in [-0.39, 0.29) is 41.2 Å². The summed E-state index contributed by atoms with van der Waals surface area (Å²) in [4.78, 5) is 4.14. The molecule has 1 heterocycles. The summed E-state index contributed by atoms with van der Waals surface area (Å²) in [7, 11) is 0.167. The summed E-state index contributed by atoms with van der Waals surface area (Å²) in [6.07, 6.45) is 0.0330. The van der Waals surface area contributed by atoms with E-state index in [4.69, 9.17) is 4.74 Å². The lowest BCUT2D eigenvalue weighted by Crippen LogP contribution is -2.47. The predicted octanol–water partition coefficient (Wildman–Crippen LogP) is 1.21. The molecule has 0 aromatic carbocycles. The molecule has 1 saturated heterocycles. The van der Waals surface area contributed by atoms with E-state index in [1.165, 1.54) is 0 Å². The molecular formula is C15H33IN4O3S2. The molecule has 0 radical (unpaired) electrons. The maximum Gasteiger partial charge on any atom is 0.215 e. The van der Waals surface area contributed by atoms with Gasteiger partial charge >= 0.3 is 0 Å². The molecule has 7 nitrogen and oxygen atoms in total. The Balaban J connectivity index is 0.00000576. The highest BCUT2D eigenvalue weighted by Crippen LogP contribution is 2.20. The Kier molecular flexibility index (Phi) is 11.9. The Morgan fingerprint density at radius 2 is 1.88 bits per heavy atom. The van der Waals surface area contributed by atoms with Gasteiger partial charge in [-0.25, -0.2) is 12.7 Å². The van der Waals surface area contributed by atoms with Gasteiger partial charge in [0.25, 0.3) is 0 Å². The second-order valence-electron chi connectivity index (χ2n) is 6.80. The van der Waals surface area contributed by atoms with Crippen molar-refractivity contribution in [1.82, 2.24) is 14.9 Å². The lowest BCUT2D eigenvalue weighted by atomic mass is 9.89. The van der Waals surface area contributed by atoms with Gasteiger partial charge in [-0.15, -0.1) is 24.0 Å². The number of ether oxygens (including phenoxy) is 1. The molecule has 0 saturated carbocycles. The van der Waals surface area contributed by atoms with Crippen LogP contribution in [0.2, 0.25) is 0 Å². The van der Waals surface area contributed by atoms with Gasteiger partial charge in [0.2, 0.25) is 10.0 Å². The van der Waals surface area contributed by atoms with Crippen LogP contribution in [0.4, 0.5) is 0 Å². The van der Waals surface area contributed by atoms with Crippen LogP contribution in [0, 0.1) is 5.41 Å². The molecule has 0 aromatic rings. The van der Waals surface area contributed by atoms with Crippen LogP contribution < -0.4 is 10.6 Å². The molecular weight excluding hydrogens is 475 g/mol. The summed E-state index contributed by atoms with van der Waals surface area (Å²) < 4.78 is 31.7. The van der Waals surface area contributed by atoms with Crippen LogP contribution in [0.5, 0.6) is 0 Å². The lowest BCUT2D eigenvalue weighted by Gasteiger charge is -2.30. The summed E-state index contributed by atoms with van der Waals surface area (Å²) >= 11 is 1.80. The Morgan fingerprint density at radius 3 is 2.36 bits per heavy atom. The Morgan fingerprint density at radius 1 is 1.28 bits per heavy atom. The first-order valence-corrected chi connectivity index (χ1v) is 11.0. The fourth-order valence-corrected chi connectivity index (χ4v) is 4.90. The monoisotopic (exact) mass is 508 g/mol. The number of thioether (sulfide) groups is 1. The molecule has 0 spiro atoms.